The van der Waals surface area contributed by atoms with Crippen LogP contribution in [0.3, 0.4) is 0 Å². The minimum atomic E-state index is -0.0828. The minimum Gasteiger partial charge on any atom is -0.462 e. The summed E-state index contributed by atoms with van der Waals surface area (Å²) in [5.41, 5.74) is 1.05. The quantitative estimate of drug-likeness (QED) is 0.327. The summed E-state index contributed by atoms with van der Waals surface area (Å²) in [5.74, 6) is 0.670. The van der Waals surface area contributed by atoms with Crippen molar-refractivity contribution in [3.8, 4) is 0 Å². The fourth-order valence-corrected chi connectivity index (χ4v) is 2.75. The van der Waals surface area contributed by atoms with Crippen LogP contribution >= 0.6 is 0 Å². The van der Waals surface area contributed by atoms with E-state index in [0.29, 0.717) is 19.5 Å². The first-order valence-corrected chi connectivity index (χ1v) is 8.87. The lowest BCUT2D eigenvalue weighted by Gasteiger charge is -2.13. The van der Waals surface area contributed by atoms with E-state index in [1.165, 1.54) is 12.8 Å². The van der Waals surface area contributed by atoms with Crippen LogP contribution in [-0.2, 0) is 23.1 Å². The predicted molar refractivity (Wildman–Crippen MR) is 93.6 cm³/mol. The van der Waals surface area contributed by atoms with Crippen molar-refractivity contribution in [1.82, 2.24) is 20.4 Å². The third-order valence-electron chi connectivity index (χ3n) is 4.12. The van der Waals surface area contributed by atoms with Crippen molar-refractivity contribution in [2.75, 3.05) is 13.1 Å². The van der Waals surface area contributed by atoms with Gasteiger partial charge in [0.1, 0.15) is 6.10 Å². The molecule has 1 saturated carbocycles. The fourth-order valence-electron chi connectivity index (χ4n) is 2.75. The van der Waals surface area contributed by atoms with Crippen LogP contribution in [0.4, 0.5) is 0 Å². The lowest BCUT2D eigenvalue weighted by atomic mass is 10.3. The number of nitrogens with one attached hydrogen (secondary N) is 2. The van der Waals surface area contributed by atoms with Crippen LogP contribution in [0.5, 0.6) is 0 Å². The number of ether oxygens (including phenoxy) is 1. The number of aryl methyl sites for hydroxylation is 1. The molecular formula is C17H29N5O2. The number of guanidine groups is 1. The van der Waals surface area contributed by atoms with Crippen molar-refractivity contribution in [3.05, 3.63) is 18.0 Å². The number of rotatable bonds is 8. The largest absolute Gasteiger partial charge is 0.462 e. The van der Waals surface area contributed by atoms with Crippen LogP contribution in [0, 0.1) is 0 Å². The molecule has 0 unspecified atom stereocenters. The summed E-state index contributed by atoms with van der Waals surface area (Å²) in [6, 6.07) is 1.95. The molecule has 0 atom stereocenters. The van der Waals surface area contributed by atoms with Gasteiger partial charge in [0.15, 0.2) is 5.96 Å². The average Bonchev–Trinajstić information content (AvgIpc) is 3.21. The van der Waals surface area contributed by atoms with Crippen LogP contribution < -0.4 is 10.6 Å². The van der Waals surface area contributed by atoms with Gasteiger partial charge in [-0.3, -0.25) is 9.48 Å². The van der Waals surface area contributed by atoms with Gasteiger partial charge in [0.05, 0.1) is 12.2 Å². The Morgan fingerprint density at radius 3 is 2.88 bits per heavy atom. The first-order chi connectivity index (χ1) is 11.7. The van der Waals surface area contributed by atoms with Crippen molar-refractivity contribution < 1.29 is 9.53 Å². The fraction of sp³-hybridized carbons (Fsp3) is 0.706. The topological polar surface area (TPSA) is 80.5 Å². The summed E-state index contributed by atoms with van der Waals surface area (Å²) in [6.07, 6.45) is 7.51. The summed E-state index contributed by atoms with van der Waals surface area (Å²) in [4.78, 5) is 16.3. The predicted octanol–water partition coefficient (Wildman–Crippen LogP) is 1.74. The minimum absolute atomic E-state index is 0.0828. The van der Waals surface area contributed by atoms with E-state index in [4.69, 9.17) is 4.74 Å². The molecule has 2 rings (SSSR count). The summed E-state index contributed by atoms with van der Waals surface area (Å²) in [7, 11) is 1.90. The molecular weight excluding hydrogens is 306 g/mol. The van der Waals surface area contributed by atoms with Crippen LogP contribution in [0.1, 0.15) is 51.1 Å². The standard InChI is InChI=1S/C17H29N5O2/c1-3-18-17(20-13-14-10-12-21-22(14)2)19-11-6-9-16(23)24-15-7-4-5-8-15/h10,12,15H,3-9,11,13H2,1-2H3,(H2,18,19,20). The van der Waals surface area contributed by atoms with Gasteiger partial charge in [-0.25, -0.2) is 4.99 Å². The highest BCUT2D eigenvalue weighted by Crippen LogP contribution is 2.21. The second-order valence-corrected chi connectivity index (χ2v) is 6.07. The summed E-state index contributed by atoms with van der Waals surface area (Å²) < 4.78 is 7.26. The van der Waals surface area contributed by atoms with Gasteiger partial charge >= 0.3 is 5.97 Å². The summed E-state index contributed by atoms with van der Waals surface area (Å²) >= 11 is 0. The Hall–Kier alpha value is -2.05. The van der Waals surface area contributed by atoms with E-state index < -0.39 is 0 Å². The first kappa shape index (κ1) is 18.3. The van der Waals surface area contributed by atoms with E-state index in [-0.39, 0.29) is 12.1 Å². The Labute approximate surface area is 143 Å². The number of aliphatic imine (C=N–C) groups is 1. The van der Waals surface area contributed by atoms with Crippen molar-refractivity contribution in [3.63, 3.8) is 0 Å². The lowest BCUT2D eigenvalue weighted by Crippen LogP contribution is -2.38. The molecule has 0 saturated heterocycles. The Kier molecular flexibility index (Phi) is 7.58. The molecule has 0 amide bonds. The highest BCUT2D eigenvalue weighted by atomic mass is 16.5. The van der Waals surface area contributed by atoms with E-state index in [1.807, 2.05) is 24.7 Å². The molecule has 134 valence electrons. The highest BCUT2D eigenvalue weighted by molar-refractivity contribution is 5.79. The Balaban J connectivity index is 1.67. The van der Waals surface area contributed by atoms with Crippen molar-refractivity contribution >= 4 is 11.9 Å². The maximum Gasteiger partial charge on any atom is 0.306 e. The zero-order valence-corrected chi connectivity index (χ0v) is 14.8. The van der Waals surface area contributed by atoms with Gasteiger partial charge in [-0.1, -0.05) is 0 Å². The maximum atomic E-state index is 11.8. The van der Waals surface area contributed by atoms with Crippen molar-refractivity contribution in [1.29, 1.82) is 0 Å². The lowest BCUT2D eigenvalue weighted by molar-refractivity contribution is -0.148. The van der Waals surface area contributed by atoms with Gasteiger partial charge in [0.2, 0.25) is 0 Å². The Morgan fingerprint density at radius 2 is 2.21 bits per heavy atom. The second kappa shape index (κ2) is 9.95. The van der Waals surface area contributed by atoms with E-state index in [2.05, 4.69) is 20.7 Å². The molecule has 1 aromatic rings. The van der Waals surface area contributed by atoms with Crippen molar-refractivity contribution in [2.24, 2.45) is 12.0 Å². The van der Waals surface area contributed by atoms with Gasteiger partial charge in [0, 0.05) is 32.8 Å². The van der Waals surface area contributed by atoms with Crippen LogP contribution in [0.25, 0.3) is 0 Å². The molecule has 24 heavy (non-hydrogen) atoms. The zero-order valence-electron chi connectivity index (χ0n) is 14.8. The van der Waals surface area contributed by atoms with Gasteiger partial charge in [-0.15, -0.1) is 0 Å². The van der Waals surface area contributed by atoms with E-state index in [0.717, 1.165) is 37.5 Å². The van der Waals surface area contributed by atoms with Gasteiger partial charge in [-0.2, -0.15) is 5.10 Å². The monoisotopic (exact) mass is 335 g/mol. The zero-order chi connectivity index (χ0) is 17.2. The summed E-state index contributed by atoms with van der Waals surface area (Å²) in [5, 5.41) is 10.6. The molecule has 1 fully saturated rings. The van der Waals surface area contributed by atoms with Gasteiger partial charge in [0.25, 0.3) is 0 Å². The molecule has 0 bridgehead atoms. The smallest absolute Gasteiger partial charge is 0.306 e. The van der Waals surface area contributed by atoms with Gasteiger partial charge < -0.3 is 15.4 Å². The number of hydrogen-bond acceptors (Lipinski definition) is 4. The number of carbonyl (C=O) groups is 1. The maximum absolute atomic E-state index is 11.8. The van der Waals surface area contributed by atoms with Crippen LogP contribution in [-0.4, -0.2) is 40.9 Å². The first-order valence-electron chi connectivity index (χ1n) is 8.87. The molecule has 2 N–H and O–H groups in total. The third kappa shape index (κ3) is 6.22. The van der Waals surface area contributed by atoms with E-state index in [1.54, 1.807) is 6.20 Å². The summed E-state index contributed by atoms with van der Waals surface area (Å²) in [6.45, 7) is 4.08. The normalized spacial score (nSPS) is 15.5. The molecule has 7 heteroatoms. The average molecular weight is 335 g/mol. The second-order valence-electron chi connectivity index (χ2n) is 6.07. The number of aromatic nitrogens is 2. The SMILES string of the molecule is CCNC(=NCc1ccnn1C)NCCCC(=O)OC1CCCC1. The van der Waals surface area contributed by atoms with E-state index in [9.17, 15) is 4.79 Å². The molecule has 0 aromatic carbocycles. The van der Waals surface area contributed by atoms with Crippen molar-refractivity contribution in [2.45, 2.75) is 58.1 Å². The number of hydrogen-bond donors (Lipinski definition) is 2. The number of carbonyl (C=O) groups excluding carboxylic acids is 1. The Morgan fingerprint density at radius 1 is 1.42 bits per heavy atom. The Bertz CT molecular complexity index is 535. The molecule has 1 heterocycles. The van der Waals surface area contributed by atoms with Crippen LogP contribution in [0.2, 0.25) is 0 Å². The molecule has 0 radical (unpaired) electrons. The number of nitrogens with zero attached hydrogens (tertiary/aromatic N) is 3. The third-order valence-corrected chi connectivity index (χ3v) is 4.12. The molecule has 1 aliphatic rings. The highest BCUT2D eigenvalue weighted by Gasteiger charge is 2.18. The molecule has 1 aromatic heterocycles. The molecule has 0 spiro atoms. The number of esters is 1. The molecule has 1 aliphatic carbocycles. The molecule has 7 nitrogen and oxygen atoms in total. The van der Waals surface area contributed by atoms with E-state index >= 15 is 0 Å². The van der Waals surface area contributed by atoms with Crippen LogP contribution in [0.15, 0.2) is 17.3 Å². The molecule has 0 aliphatic heterocycles. The van der Waals surface area contributed by atoms with Gasteiger partial charge in [-0.05, 0) is 45.1 Å².